The zero-order chi connectivity index (χ0) is 12.9. The van der Waals surface area contributed by atoms with Crippen molar-refractivity contribution in [3.8, 4) is 0 Å². The van der Waals surface area contributed by atoms with Crippen molar-refractivity contribution in [2.45, 2.75) is 51.4 Å². The van der Waals surface area contributed by atoms with Gasteiger partial charge < -0.3 is 15.2 Å². The van der Waals surface area contributed by atoms with E-state index in [9.17, 15) is 0 Å². The van der Waals surface area contributed by atoms with Crippen LogP contribution in [0.15, 0.2) is 0 Å². The molecule has 1 heterocycles. The van der Waals surface area contributed by atoms with Gasteiger partial charge in [-0.25, -0.2) is 0 Å². The van der Waals surface area contributed by atoms with Gasteiger partial charge >= 0.3 is 0 Å². The van der Waals surface area contributed by atoms with E-state index >= 15 is 0 Å². The number of hydrogen-bond donors (Lipinski definition) is 1. The van der Waals surface area contributed by atoms with Crippen LogP contribution in [-0.2, 0) is 9.47 Å². The van der Waals surface area contributed by atoms with Crippen molar-refractivity contribution >= 4 is 0 Å². The number of nitrogens with two attached hydrogens (primary N) is 1. The van der Waals surface area contributed by atoms with Gasteiger partial charge in [0, 0.05) is 32.8 Å². The molecule has 0 aliphatic carbocycles. The number of rotatable bonds is 6. The van der Waals surface area contributed by atoms with E-state index < -0.39 is 0 Å². The van der Waals surface area contributed by atoms with Crippen LogP contribution in [0.25, 0.3) is 0 Å². The van der Waals surface area contributed by atoms with Gasteiger partial charge in [-0.2, -0.15) is 0 Å². The zero-order valence-electron chi connectivity index (χ0n) is 11.7. The number of methoxy groups -OCH3 is 1. The summed E-state index contributed by atoms with van der Waals surface area (Å²) in [6, 6.07) is 0.0351. The van der Waals surface area contributed by atoms with E-state index in [-0.39, 0.29) is 11.6 Å². The maximum atomic E-state index is 6.20. The number of likely N-dealkylation sites (tertiary alicyclic amines) is 1. The van der Waals surface area contributed by atoms with Crippen LogP contribution in [0.3, 0.4) is 0 Å². The molecule has 0 saturated carbocycles. The molecule has 2 N–H and O–H groups in total. The summed E-state index contributed by atoms with van der Waals surface area (Å²) in [5, 5.41) is 0. The number of piperidine rings is 1. The molecule has 2 atom stereocenters. The molecule has 1 saturated heterocycles. The minimum absolute atomic E-state index is 0.0351. The van der Waals surface area contributed by atoms with E-state index in [0.29, 0.717) is 6.10 Å². The molecule has 17 heavy (non-hydrogen) atoms. The first-order chi connectivity index (χ1) is 7.99. The molecule has 1 fully saturated rings. The molecule has 102 valence electrons. The highest BCUT2D eigenvalue weighted by Crippen LogP contribution is 2.17. The van der Waals surface area contributed by atoms with E-state index in [2.05, 4.69) is 11.8 Å². The Bertz CT molecular complexity index is 219. The van der Waals surface area contributed by atoms with Crippen LogP contribution in [0.5, 0.6) is 0 Å². The standard InChI is InChI=1S/C13H28N2O2/c1-5-17-11-7-6-8-15(9-11)10-12(14)13(2,3)16-4/h11-12H,5-10,14H2,1-4H3. The first-order valence-electron chi connectivity index (χ1n) is 6.64. The summed E-state index contributed by atoms with van der Waals surface area (Å²) in [5.41, 5.74) is 5.94. The summed E-state index contributed by atoms with van der Waals surface area (Å²) in [4.78, 5) is 2.40. The Hall–Kier alpha value is -0.160. The van der Waals surface area contributed by atoms with Crippen molar-refractivity contribution in [1.29, 1.82) is 0 Å². The van der Waals surface area contributed by atoms with Crippen LogP contribution in [0.2, 0.25) is 0 Å². The first-order valence-corrected chi connectivity index (χ1v) is 6.64. The van der Waals surface area contributed by atoms with Crippen molar-refractivity contribution in [3.63, 3.8) is 0 Å². The van der Waals surface area contributed by atoms with Crippen LogP contribution < -0.4 is 5.73 Å². The monoisotopic (exact) mass is 244 g/mol. The van der Waals surface area contributed by atoms with Crippen molar-refractivity contribution in [3.05, 3.63) is 0 Å². The second-order valence-electron chi connectivity index (χ2n) is 5.39. The normalized spacial score (nSPS) is 24.9. The van der Waals surface area contributed by atoms with Gasteiger partial charge in [0.2, 0.25) is 0 Å². The van der Waals surface area contributed by atoms with Crippen LogP contribution in [-0.4, -0.2) is 56.0 Å². The predicted octanol–water partition coefficient (Wildman–Crippen LogP) is 1.24. The fraction of sp³-hybridized carbons (Fsp3) is 1.00. The maximum absolute atomic E-state index is 6.20. The molecule has 4 nitrogen and oxygen atoms in total. The van der Waals surface area contributed by atoms with E-state index in [1.165, 1.54) is 12.8 Å². The SMILES string of the molecule is CCOC1CCCN(CC(N)C(C)(C)OC)C1. The van der Waals surface area contributed by atoms with Gasteiger partial charge in [0.15, 0.2) is 0 Å². The zero-order valence-corrected chi connectivity index (χ0v) is 11.7. The molecule has 0 aromatic heterocycles. The number of hydrogen-bond acceptors (Lipinski definition) is 4. The molecule has 0 amide bonds. The van der Waals surface area contributed by atoms with Crippen molar-refractivity contribution in [2.75, 3.05) is 33.4 Å². The van der Waals surface area contributed by atoms with Gasteiger partial charge in [0.25, 0.3) is 0 Å². The summed E-state index contributed by atoms with van der Waals surface area (Å²) in [6.45, 7) is 9.94. The van der Waals surface area contributed by atoms with Crippen LogP contribution in [0, 0.1) is 0 Å². The molecule has 0 spiro atoms. The largest absolute Gasteiger partial charge is 0.377 e. The number of ether oxygens (including phenoxy) is 2. The van der Waals surface area contributed by atoms with Crippen LogP contribution >= 0.6 is 0 Å². The van der Waals surface area contributed by atoms with E-state index in [1.807, 2.05) is 13.8 Å². The molecule has 1 aliphatic rings. The predicted molar refractivity (Wildman–Crippen MR) is 70.2 cm³/mol. The molecule has 1 rings (SSSR count). The lowest BCUT2D eigenvalue weighted by atomic mass is 9.97. The minimum Gasteiger partial charge on any atom is -0.377 e. The lowest BCUT2D eigenvalue weighted by molar-refractivity contribution is -0.0279. The third-order valence-electron chi connectivity index (χ3n) is 3.74. The highest BCUT2D eigenvalue weighted by molar-refractivity contribution is 4.87. The van der Waals surface area contributed by atoms with E-state index in [4.69, 9.17) is 15.2 Å². The summed E-state index contributed by atoms with van der Waals surface area (Å²) in [5.74, 6) is 0. The molecule has 0 radical (unpaired) electrons. The average Bonchev–Trinajstić information content (AvgIpc) is 2.30. The molecule has 0 bridgehead atoms. The lowest BCUT2D eigenvalue weighted by Gasteiger charge is -2.38. The molecule has 1 aliphatic heterocycles. The van der Waals surface area contributed by atoms with Crippen molar-refractivity contribution in [1.82, 2.24) is 4.90 Å². The molecular weight excluding hydrogens is 216 g/mol. The Kier molecular flexibility index (Phi) is 5.86. The van der Waals surface area contributed by atoms with Gasteiger partial charge in [-0.1, -0.05) is 0 Å². The van der Waals surface area contributed by atoms with Gasteiger partial charge in [0.1, 0.15) is 0 Å². The Morgan fingerprint density at radius 2 is 2.18 bits per heavy atom. The third-order valence-corrected chi connectivity index (χ3v) is 3.74. The molecule has 0 aromatic carbocycles. The van der Waals surface area contributed by atoms with Gasteiger partial charge in [-0.3, -0.25) is 4.90 Å². The Morgan fingerprint density at radius 1 is 1.47 bits per heavy atom. The van der Waals surface area contributed by atoms with Gasteiger partial charge in [0.05, 0.1) is 11.7 Å². The second-order valence-corrected chi connectivity index (χ2v) is 5.39. The van der Waals surface area contributed by atoms with E-state index in [0.717, 1.165) is 26.2 Å². The van der Waals surface area contributed by atoms with Gasteiger partial charge in [-0.05, 0) is 40.2 Å². The topological polar surface area (TPSA) is 47.7 Å². The van der Waals surface area contributed by atoms with Crippen molar-refractivity contribution in [2.24, 2.45) is 5.73 Å². The summed E-state index contributed by atoms with van der Waals surface area (Å²) in [6.07, 6.45) is 2.75. The summed E-state index contributed by atoms with van der Waals surface area (Å²) >= 11 is 0. The summed E-state index contributed by atoms with van der Waals surface area (Å²) in [7, 11) is 1.72. The maximum Gasteiger partial charge on any atom is 0.0785 e. The fourth-order valence-electron chi connectivity index (χ4n) is 2.20. The number of nitrogens with zero attached hydrogens (tertiary/aromatic N) is 1. The quantitative estimate of drug-likeness (QED) is 0.763. The molecular formula is C13H28N2O2. The molecule has 0 aromatic rings. The second kappa shape index (κ2) is 6.69. The Balaban J connectivity index is 2.40. The van der Waals surface area contributed by atoms with Crippen molar-refractivity contribution < 1.29 is 9.47 Å². The van der Waals surface area contributed by atoms with Crippen LogP contribution in [0.4, 0.5) is 0 Å². The third kappa shape index (κ3) is 4.54. The average molecular weight is 244 g/mol. The molecule has 2 unspecified atom stereocenters. The minimum atomic E-state index is -0.265. The Labute approximate surface area is 105 Å². The van der Waals surface area contributed by atoms with E-state index in [1.54, 1.807) is 7.11 Å². The highest BCUT2D eigenvalue weighted by atomic mass is 16.5. The smallest absolute Gasteiger partial charge is 0.0785 e. The molecule has 4 heteroatoms. The van der Waals surface area contributed by atoms with Crippen LogP contribution in [0.1, 0.15) is 33.6 Å². The lowest BCUT2D eigenvalue weighted by Crippen LogP contribution is -2.54. The summed E-state index contributed by atoms with van der Waals surface area (Å²) < 4.78 is 11.1. The first kappa shape index (κ1) is 14.9. The highest BCUT2D eigenvalue weighted by Gasteiger charge is 2.29. The van der Waals surface area contributed by atoms with Gasteiger partial charge in [-0.15, -0.1) is 0 Å². The fourth-order valence-corrected chi connectivity index (χ4v) is 2.20. The Morgan fingerprint density at radius 3 is 2.76 bits per heavy atom.